The first kappa shape index (κ1) is 13.9. The lowest BCUT2D eigenvalue weighted by Crippen LogP contribution is -2.40. The van der Waals surface area contributed by atoms with Crippen molar-refractivity contribution < 1.29 is 9.53 Å². The highest BCUT2D eigenvalue weighted by Gasteiger charge is 2.34. The van der Waals surface area contributed by atoms with Gasteiger partial charge in [-0.05, 0) is 43.6 Å². The maximum atomic E-state index is 12.7. The molecular weight excluding hydrogens is 274 g/mol. The van der Waals surface area contributed by atoms with Crippen LogP contribution in [-0.2, 0) is 17.6 Å². The molecule has 1 saturated heterocycles. The molecule has 0 aromatic heterocycles. The molecule has 2 aliphatic heterocycles. The predicted octanol–water partition coefficient (Wildman–Crippen LogP) is 2.78. The van der Waals surface area contributed by atoms with E-state index in [2.05, 4.69) is 12.2 Å². The van der Waals surface area contributed by atoms with Crippen molar-refractivity contribution in [3.63, 3.8) is 0 Å². The van der Waals surface area contributed by atoms with E-state index in [1.807, 2.05) is 12.1 Å². The maximum Gasteiger partial charge on any atom is 0.143 e. The van der Waals surface area contributed by atoms with Gasteiger partial charge < -0.3 is 10.1 Å². The van der Waals surface area contributed by atoms with E-state index >= 15 is 0 Å². The van der Waals surface area contributed by atoms with Gasteiger partial charge >= 0.3 is 0 Å². The molecule has 3 rings (SSSR count). The zero-order valence-corrected chi connectivity index (χ0v) is 12.6. The van der Waals surface area contributed by atoms with Crippen molar-refractivity contribution >= 4 is 17.4 Å². The molecule has 0 amide bonds. The normalized spacial score (nSPS) is 20.3. The predicted molar refractivity (Wildman–Crippen MR) is 79.6 cm³/mol. The molecule has 2 aliphatic rings. The largest absolute Gasteiger partial charge is 0.493 e. The number of ether oxygens (including phenoxy) is 1. The van der Waals surface area contributed by atoms with Gasteiger partial charge in [-0.15, -0.1) is 0 Å². The average Bonchev–Trinajstić information content (AvgIpc) is 2.87. The van der Waals surface area contributed by atoms with E-state index < -0.39 is 0 Å². The van der Waals surface area contributed by atoms with Crippen molar-refractivity contribution in [2.45, 2.75) is 32.6 Å². The van der Waals surface area contributed by atoms with Crippen LogP contribution in [0.15, 0.2) is 12.1 Å². The van der Waals surface area contributed by atoms with Gasteiger partial charge in [-0.2, -0.15) is 0 Å². The van der Waals surface area contributed by atoms with Gasteiger partial charge in [0.2, 0.25) is 0 Å². The fourth-order valence-electron chi connectivity index (χ4n) is 3.12. The summed E-state index contributed by atoms with van der Waals surface area (Å²) in [6, 6.07) is 3.83. The molecule has 108 valence electrons. The van der Waals surface area contributed by atoms with Gasteiger partial charge in [0.15, 0.2) is 0 Å². The first-order valence-corrected chi connectivity index (χ1v) is 7.64. The molecule has 0 bridgehead atoms. The van der Waals surface area contributed by atoms with E-state index in [-0.39, 0.29) is 5.41 Å². The minimum atomic E-state index is -0.209. The molecule has 0 saturated carbocycles. The number of carbonyl (C=O) groups excluding carboxylic acids is 1. The van der Waals surface area contributed by atoms with Crippen LogP contribution in [0.3, 0.4) is 0 Å². The number of halogens is 1. The number of hydrogen-bond donors (Lipinski definition) is 1. The monoisotopic (exact) mass is 293 g/mol. The molecule has 1 aromatic carbocycles. The molecule has 1 fully saturated rings. The Bertz CT molecular complexity index is 536. The molecule has 4 heteroatoms. The Balaban J connectivity index is 1.83. The van der Waals surface area contributed by atoms with E-state index in [1.165, 1.54) is 0 Å². The molecule has 0 radical (unpaired) electrons. The van der Waals surface area contributed by atoms with Gasteiger partial charge in [0, 0.05) is 28.8 Å². The highest BCUT2D eigenvalue weighted by atomic mass is 35.5. The minimum Gasteiger partial charge on any atom is -0.493 e. The number of fused-ring (bicyclic) bond motifs is 1. The number of hydrogen-bond acceptors (Lipinski definition) is 3. The van der Waals surface area contributed by atoms with Crippen LogP contribution < -0.4 is 10.1 Å². The summed E-state index contributed by atoms with van der Waals surface area (Å²) in [5.41, 5.74) is 1.88. The van der Waals surface area contributed by atoms with Crippen molar-refractivity contribution in [3.8, 4) is 5.75 Å². The van der Waals surface area contributed by atoms with Crippen LogP contribution in [0.4, 0.5) is 0 Å². The number of ketones is 1. The number of Topliss-reactive ketones (excluding diaryl/α,β-unsaturated/α-hetero) is 1. The summed E-state index contributed by atoms with van der Waals surface area (Å²) >= 11 is 6.16. The Hall–Kier alpha value is -1.06. The fraction of sp³-hybridized carbons (Fsp3) is 0.562. The number of rotatable bonds is 3. The first-order valence-electron chi connectivity index (χ1n) is 7.27. The summed E-state index contributed by atoms with van der Waals surface area (Å²) in [7, 11) is 0. The van der Waals surface area contributed by atoms with E-state index in [1.54, 1.807) is 0 Å². The number of benzene rings is 1. The van der Waals surface area contributed by atoms with Crippen LogP contribution in [-0.4, -0.2) is 25.5 Å². The summed E-state index contributed by atoms with van der Waals surface area (Å²) in [5, 5.41) is 4.01. The van der Waals surface area contributed by atoms with Crippen LogP contribution in [0.5, 0.6) is 5.75 Å². The van der Waals surface area contributed by atoms with Gasteiger partial charge in [-0.1, -0.05) is 18.5 Å². The summed E-state index contributed by atoms with van der Waals surface area (Å²) in [6.07, 6.45) is 3.14. The van der Waals surface area contributed by atoms with Crippen LogP contribution >= 0.6 is 11.6 Å². The minimum absolute atomic E-state index is 0.209. The Morgan fingerprint density at radius 3 is 2.90 bits per heavy atom. The molecule has 20 heavy (non-hydrogen) atoms. The molecule has 3 nitrogen and oxygen atoms in total. The van der Waals surface area contributed by atoms with Crippen molar-refractivity contribution in [2.24, 2.45) is 5.41 Å². The van der Waals surface area contributed by atoms with Crippen molar-refractivity contribution in [3.05, 3.63) is 28.3 Å². The van der Waals surface area contributed by atoms with Crippen LogP contribution in [0.1, 0.15) is 30.9 Å². The Labute approximate surface area is 124 Å². The Morgan fingerprint density at radius 1 is 1.40 bits per heavy atom. The molecule has 0 aliphatic carbocycles. The third-order valence-corrected chi connectivity index (χ3v) is 4.77. The van der Waals surface area contributed by atoms with Gasteiger partial charge in [0.1, 0.15) is 11.5 Å². The molecule has 2 heterocycles. The van der Waals surface area contributed by atoms with E-state index in [0.717, 1.165) is 49.2 Å². The Morgan fingerprint density at radius 2 is 2.15 bits per heavy atom. The van der Waals surface area contributed by atoms with Gasteiger partial charge in [0.05, 0.1) is 6.61 Å². The fourth-order valence-corrected chi connectivity index (χ4v) is 3.38. The molecular formula is C16H20ClNO2. The van der Waals surface area contributed by atoms with Crippen LogP contribution in [0, 0.1) is 5.41 Å². The van der Waals surface area contributed by atoms with Crippen molar-refractivity contribution in [1.82, 2.24) is 5.32 Å². The zero-order chi connectivity index (χ0) is 14.2. The SMILES string of the molecule is CC1(C(=O)Cc2cc(Cl)cc3c2OCC3)CCNCC1. The quantitative estimate of drug-likeness (QED) is 0.931. The third kappa shape index (κ3) is 2.57. The number of carbonyl (C=O) groups is 1. The highest BCUT2D eigenvalue weighted by Crippen LogP contribution is 2.36. The second-order valence-corrected chi connectivity index (χ2v) is 6.50. The summed E-state index contributed by atoms with van der Waals surface area (Å²) in [4.78, 5) is 12.7. The first-order chi connectivity index (χ1) is 9.58. The smallest absolute Gasteiger partial charge is 0.143 e. The van der Waals surface area contributed by atoms with E-state index in [9.17, 15) is 4.79 Å². The summed E-state index contributed by atoms with van der Waals surface area (Å²) < 4.78 is 5.68. The lowest BCUT2D eigenvalue weighted by molar-refractivity contribution is -0.128. The third-order valence-electron chi connectivity index (χ3n) is 4.56. The highest BCUT2D eigenvalue weighted by molar-refractivity contribution is 6.30. The second kappa shape index (κ2) is 5.38. The molecule has 0 spiro atoms. The van der Waals surface area contributed by atoms with Gasteiger partial charge in [0.25, 0.3) is 0 Å². The standard InChI is InChI=1S/C16H20ClNO2/c1-16(3-5-18-6-4-16)14(19)10-12-9-13(17)8-11-2-7-20-15(11)12/h8-9,18H,2-7,10H2,1H3. The second-order valence-electron chi connectivity index (χ2n) is 6.06. The lowest BCUT2D eigenvalue weighted by Gasteiger charge is -2.32. The van der Waals surface area contributed by atoms with Crippen molar-refractivity contribution in [1.29, 1.82) is 0 Å². The van der Waals surface area contributed by atoms with Crippen molar-refractivity contribution in [2.75, 3.05) is 19.7 Å². The lowest BCUT2D eigenvalue weighted by atomic mass is 9.75. The molecule has 0 atom stereocenters. The number of nitrogens with one attached hydrogen (secondary N) is 1. The zero-order valence-electron chi connectivity index (χ0n) is 11.8. The maximum absolute atomic E-state index is 12.7. The average molecular weight is 294 g/mol. The Kier molecular flexibility index (Phi) is 3.74. The topological polar surface area (TPSA) is 38.3 Å². The summed E-state index contributed by atoms with van der Waals surface area (Å²) in [5.74, 6) is 1.19. The van der Waals surface area contributed by atoms with E-state index in [0.29, 0.717) is 23.8 Å². The number of piperidine rings is 1. The van der Waals surface area contributed by atoms with Gasteiger partial charge in [-0.25, -0.2) is 0 Å². The van der Waals surface area contributed by atoms with E-state index in [4.69, 9.17) is 16.3 Å². The molecule has 1 N–H and O–H groups in total. The summed E-state index contributed by atoms with van der Waals surface area (Å²) in [6.45, 7) is 4.62. The van der Waals surface area contributed by atoms with Gasteiger partial charge in [-0.3, -0.25) is 4.79 Å². The van der Waals surface area contributed by atoms with Crippen LogP contribution in [0.2, 0.25) is 5.02 Å². The van der Waals surface area contributed by atoms with Crippen LogP contribution in [0.25, 0.3) is 0 Å². The molecule has 1 aromatic rings. The molecule has 0 unspecified atom stereocenters.